The van der Waals surface area contributed by atoms with Crippen LogP contribution in [-0.4, -0.2) is 69.5 Å². The molecule has 26 heavy (non-hydrogen) atoms. The van der Waals surface area contributed by atoms with Crippen molar-refractivity contribution in [3.8, 4) is 0 Å². The lowest BCUT2D eigenvalue weighted by molar-refractivity contribution is -0.140. The maximum atomic E-state index is 10.1. The molecule has 0 aliphatic carbocycles. The third kappa shape index (κ3) is 26.6. The summed E-state index contributed by atoms with van der Waals surface area (Å²) in [5, 5.41) is 32.4. The molecule has 12 nitrogen and oxygen atoms in total. The van der Waals surface area contributed by atoms with Gasteiger partial charge in [-0.2, -0.15) is 0 Å². The molecule has 0 aromatic carbocycles. The van der Waals surface area contributed by atoms with E-state index in [9.17, 15) is 19.2 Å². The first-order valence-electron chi connectivity index (χ1n) is 7.80. The Bertz CT molecular complexity index is 420. The summed E-state index contributed by atoms with van der Waals surface area (Å²) < 4.78 is 0. The van der Waals surface area contributed by atoms with Gasteiger partial charge in [-0.25, -0.2) is 0 Å². The number of unbranched alkanes of at least 4 members (excludes halogenated alkanes) is 1. The fourth-order valence-electron chi connectivity index (χ4n) is 1.23. The third-order valence-corrected chi connectivity index (χ3v) is 2.68. The lowest BCUT2D eigenvalue weighted by atomic mass is 10.1. The fraction of sp³-hybridized carbons (Fsp3) is 0.714. The minimum absolute atomic E-state index is 0.0268. The molecule has 0 aromatic heterocycles. The van der Waals surface area contributed by atoms with Crippen LogP contribution in [0, 0.1) is 0 Å². The molecule has 0 aliphatic rings. The van der Waals surface area contributed by atoms with Crippen LogP contribution in [0.25, 0.3) is 0 Å². The molecule has 0 fully saturated rings. The first kappa shape index (κ1) is 28.5. The largest absolute Gasteiger partial charge is 0.481 e. The smallest absolute Gasteiger partial charge is 0.320 e. The van der Waals surface area contributed by atoms with Crippen LogP contribution in [0.1, 0.15) is 38.5 Å². The topological polar surface area (TPSA) is 253 Å². The predicted molar refractivity (Wildman–Crippen MR) is 92.3 cm³/mol. The minimum atomic E-state index is -1.09. The average Bonchev–Trinajstić information content (AvgIpc) is 2.55. The Kier molecular flexibility index (Phi) is 20.9. The van der Waals surface area contributed by atoms with Gasteiger partial charge in [0.05, 0.1) is 6.54 Å². The van der Waals surface area contributed by atoms with Crippen LogP contribution in [-0.2, 0) is 19.2 Å². The van der Waals surface area contributed by atoms with Crippen molar-refractivity contribution in [2.24, 2.45) is 22.9 Å². The second-order valence-corrected chi connectivity index (χ2v) is 5.06. The molecule has 0 saturated carbocycles. The van der Waals surface area contributed by atoms with Gasteiger partial charge in [-0.05, 0) is 32.2 Å². The minimum Gasteiger partial charge on any atom is -0.481 e. The van der Waals surface area contributed by atoms with E-state index in [4.69, 9.17) is 37.6 Å². The quantitative estimate of drug-likeness (QED) is 0.184. The fourth-order valence-corrected chi connectivity index (χ4v) is 1.23. The second-order valence-electron chi connectivity index (χ2n) is 5.06. The highest BCUT2D eigenvalue weighted by Gasteiger charge is 2.11. The average molecular weight is 382 g/mol. The number of hydrogen-bond acceptors (Lipinski definition) is 8. The standard InChI is InChI=1S/C6H14N2O2.C6H11NO4.C2H5NO2/c7-4-2-1-3-5(8)6(9)10;7-4(6(10)11)2-1-3-5(8)9;3-1-2(4)5/h5H,1-4,7-8H2,(H,9,10);4H,1-3,7H2,(H,8,9)(H,10,11);1,3H2,(H,4,5). The van der Waals surface area contributed by atoms with Crippen LogP contribution >= 0.6 is 0 Å². The number of carbonyl (C=O) groups is 4. The Hall–Kier alpha value is -2.28. The molecule has 0 spiro atoms. The highest BCUT2D eigenvalue weighted by Crippen LogP contribution is 1.98. The first-order valence-corrected chi connectivity index (χ1v) is 7.80. The molecule has 12 heteroatoms. The summed E-state index contributed by atoms with van der Waals surface area (Å²) in [4.78, 5) is 39.4. The zero-order chi connectivity index (χ0) is 21.1. The van der Waals surface area contributed by atoms with Crippen LogP contribution in [0.2, 0.25) is 0 Å². The van der Waals surface area contributed by atoms with Crippen molar-refractivity contribution in [2.75, 3.05) is 13.1 Å². The van der Waals surface area contributed by atoms with Gasteiger partial charge in [0.2, 0.25) is 0 Å². The summed E-state index contributed by atoms with van der Waals surface area (Å²) in [6, 6.07) is -1.65. The third-order valence-electron chi connectivity index (χ3n) is 2.68. The van der Waals surface area contributed by atoms with E-state index in [-0.39, 0.29) is 19.4 Å². The van der Waals surface area contributed by atoms with E-state index < -0.39 is 36.0 Å². The number of nitrogens with two attached hydrogens (primary N) is 4. The van der Waals surface area contributed by atoms with Gasteiger partial charge < -0.3 is 43.4 Å². The Morgan fingerprint density at radius 3 is 1.35 bits per heavy atom. The van der Waals surface area contributed by atoms with Crippen LogP contribution in [0.15, 0.2) is 0 Å². The van der Waals surface area contributed by atoms with Crippen LogP contribution in [0.4, 0.5) is 0 Å². The Balaban J connectivity index is -0.000000327. The summed E-state index contributed by atoms with van der Waals surface area (Å²) in [5.41, 5.74) is 20.1. The zero-order valence-electron chi connectivity index (χ0n) is 14.5. The molecule has 0 aliphatic heterocycles. The van der Waals surface area contributed by atoms with Gasteiger partial charge in [-0.15, -0.1) is 0 Å². The van der Waals surface area contributed by atoms with Crippen LogP contribution in [0.3, 0.4) is 0 Å². The summed E-state index contributed by atoms with van der Waals surface area (Å²) in [6.45, 7) is 0.326. The van der Waals surface area contributed by atoms with Crippen molar-refractivity contribution in [3.63, 3.8) is 0 Å². The number of rotatable bonds is 11. The zero-order valence-corrected chi connectivity index (χ0v) is 14.5. The molecule has 0 bridgehead atoms. The Morgan fingerprint density at radius 1 is 0.692 bits per heavy atom. The molecular weight excluding hydrogens is 352 g/mol. The molecule has 2 atom stereocenters. The molecular formula is C14H30N4O8. The van der Waals surface area contributed by atoms with E-state index in [0.29, 0.717) is 19.4 Å². The maximum Gasteiger partial charge on any atom is 0.320 e. The number of carboxylic acids is 4. The Labute approximate surface area is 151 Å². The lowest BCUT2D eigenvalue weighted by Gasteiger charge is -2.03. The van der Waals surface area contributed by atoms with Crippen molar-refractivity contribution in [1.82, 2.24) is 0 Å². The van der Waals surface area contributed by atoms with Crippen molar-refractivity contribution in [3.05, 3.63) is 0 Å². The predicted octanol–water partition coefficient (Wildman–Crippen LogP) is -1.79. The second kappa shape index (κ2) is 19.1. The van der Waals surface area contributed by atoms with Crippen LogP contribution in [0.5, 0.6) is 0 Å². The summed E-state index contributed by atoms with van der Waals surface area (Å²) in [7, 11) is 0. The molecule has 0 saturated heterocycles. The summed E-state index contributed by atoms with van der Waals surface area (Å²) in [5.74, 6) is -3.92. The van der Waals surface area contributed by atoms with E-state index in [0.717, 1.165) is 12.8 Å². The molecule has 0 radical (unpaired) electrons. The van der Waals surface area contributed by atoms with E-state index >= 15 is 0 Å². The SMILES string of the molecule is NC(CCCC(=O)O)C(=O)O.NCC(=O)O.NCCCCC(N)C(=O)O. The molecule has 0 aromatic rings. The molecule has 2 unspecified atom stereocenters. The highest BCUT2D eigenvalue weighted by atomic mass is 16.4. The van der Waals surface area contributed by atoms with Gasteiger partial charge in [0, 0.05) is 6.42 Å². The van der Waals surface area contributed by atoms with Gasteiger partial charge in [-0.1, -0.05) is 6.42 Å². The van der Waals surface area contributed by atoms with Gasteiger partial charge in [0.15, 0.2) is 0 Å². The number of hydrogen-bond donors (Lipinski definition) is 8. The lowest BCUT2D eigenvalue weighted by Crippen LogP contribution is -2.29. The summed E-state index contributed by atoms with van der Waals surface area (Å²) >= 11 is 0. The van der Waals surface area contributed by atoms with E-state index in [2.05, 4.69) is 5.73 Å². The monoisotopic (exact) mass is 382 g/mol. The Morgan fingerprint density at radius 2 is 1.08 bits per heavy atom. The number of carboxylic acid groups (broad SMARTS) is 4. The number of aliphatic carboxylic acids is 4. The van der Waals surface area contributed by atoms with Crippen molar-refractivity contribution in [1.29, 1.82) is 0 Å². The normalized spacial score (nSPS) is 11.7. The highest BCUT2D eigenvalue weighted by molar-refractivity contribution is 5.73. The van der Waals surface area contributed by atoms with Gasteiger partial charge in [0.25, 0.3) is 0 Å². The molecule has 0 rings (SSSR count). The maximum absolute atomic E-state index is 10.1. The summed E-state index contributed by atoms with van der Waals surface area (Å²) in [6.07, 6.45) is 2.66. The van der Waals surface area contributed by atoms with Gasteiger partial charge in [-0.3, -0.25) is 19.2 Å². The first-order chi connectivity index (χ1) is 12.0. The molecule has 12 N–H and O–H groups in total. The van der Waals surface area contributed by atoms with E-state index in [1.165, 1.54) is 0 Å². The molecule has 154 valence electrons. The van der Waals surface area contributed by atoms with Crippen molar-refractivity contribution >= 4 is 23.9 Å². The van der Waals surface area contributed by atoms with Crippen molar-refractivity contribution in [2.45, 2.75) is 50.6 Å². The molecule has 0 amide bonds. The van der Waals surface area contributed by atoms with Gasteiger partial charge >= 0.3 is 23.9 Å². The van der Waals surface area contributed by atoms with E-state index in [1.807, 2.05) is 0 Å². The van der Waals surface area contributed by atoms with E-state index in [1.54, 1.807) is 0 Å². The van der Waals surface area contributed by atoms with Crippen molar-refractivity contribution < 1.29 is 39.6 Å². The van der Waals surface area contributed by atoms with Gasteiger partial charge in [0.1, 0.15) is 12.1 Å². The van der Waals surface area contributed by atoms with Crippen LogP contribution < -0.4 is 22.9 Å². The molecule has 0 heterocycles.